The largest absolute Gasteiger partial charge is 0.369 e. The average molecular weight is 415 g/mol. The van der Waals surface area contributed by atoms with E-state index in [2.05, 4.69) is 55.8 Å². The van der Waals surface area contributed by atoms with E-state index in [0.717, 1.165) is 71.0 Å². The molecule has 3 rings (SSSR count). The number of benzene rings is 1. The summed E-state index contributed by atoms with van der Waals surface area (Å²) >= 11 is 0. The van der Waals surface area contributed by atoms with Crippen LogP contribution in [0.15, 0.2) is 35.3 Å². The number of nitrogens with two attached hydrogens (primary N) is 1. The minimum absolute atomic E-state index is 0.0198. The molecular weight excluding hydrogens is 376 g/mol. The van der Waals surface area contributed by atoms with Gasteiger partial charge in [0.25, 0.3) is 0 Å². The first-order chi connectivity index (χ1) is 14.7. The van der Waals surface area contributed by atoms with Gasteiger partial charge in [-0.25, -0.2) is 0 Å². The van der Waals surface area contributed by atoms with E-state index in [-0.39, 0.29) is 11.8 Å². The van der Waals surface area contributed by atoms with Crippen molar-refractivity contribution in [2.24, 2.45) is 16.6 Å². The number of likely N-dealkylation sites (tertiary alicyclic amines) is 2. The Bertz CT molecular complexity index is 680. The van der Waals surface area contributed by atoms with E-state index in [1.54, 1.807) is 0 Å². The SMILES string of the molecule is CN=C(NCCCN1CCCC(C(N)=O)C1)NCC1CCCN1Cc1ccccc1. The van der Waals surface area contributed by atoms with Gasteiger partial charge in [-0.1, -0.05) is 30.3 Å². The third-order valence-corrected chi connectivity index (χ3v) is 6.31. The van der Waals surface area contributed by atoms with Crippen molar-refractivity contribution in [2.45, 2.75) is 44.7 Å². The molecule has 0 bridgehead atoms. The summed E-state index contributed by atoms with van der Waals surface area (Å²) < 4.78 is 0. The van der Waals surface area contributed by atoms with Crippen LogP contribution in [-0.2, 0) is 11.3 Å². The number of primary amides is 1. The zero-order chi connectivity index (χ0) is 21.2. The first kappa shape index (κ1) is 22.6. The summed E-state index contributed by atoms with van der Waals surface area (Å²) in [5, 5.41) is 6.94. The molecule has 0 saturated carbocycles. The normalized spacial score (nSPS) is 23.4. The second kappa shape index (κ2) is 11.9. The number of hydrogen-bond acceptors (Lipinski definition) is 4. The molecule has 1 aromatic carbocycles. The number of rotatable bonds is 9. The van der Waals surface area contributed by atoms with Crippen molar-refractivity contribution < 1.29 is 4.79 Å². The third-order valence-electron chi connectivity index (χ3n) is 6.31. The Hall–Kier alpha value is -2.12. The van der Waals surface area contributed by atoms with E-state index >= 15 is 0 Å². The van der Waals surface area contributed by atoms with Crippen LogP contribution in [0, 0.1) is 5.92 Å². The van der Waals surface area contributed by atoms with Crippen LogP contribution >= 0.6 is 0 Å². The van der Waals surface area contributed by atoms with E-state index in [4.69, 9.17) is 5.73 Å². The molecule has 30 heavy (non-hydrogen) atoms. The van der Waals surface area contributed by atoms with Gasteiger partial charge in [0.1, 0.15) is 0 Å². The molecular formula is C23H38N6O. The van der Waals surface area contributed by atoms with Crippen molar-refractivity contribution in [3.8, 4) is 0 Å². The van der Waals surface area contributed by atoms with Crippen LogP contribution in [-0.4, -0.2) is 74.0 Å². The predicted octanol–water partition coefficient (Wildman–Crippen LogP) is 1.40. The smallest absolute Gasteiger partial charge is 0.221 e. The fourth-order valence-corrected chi connectivity index (χ4v) is 4.59. The van der Waals surface area contributed by atoms with Gasteiger partial charge >= 0.3 is 0 Å². The molecule has 7 heteroatoms. The van der Waals surface area contributed by atoms with Crippen molar-refractivity contribution in [2.75, 3.05) is 46.3 Å². The number of amides is 1. The minimum Gasteiger partial charge on any atom is -0.369 e. The molecule has 2 aliphatic heterocycles. The number of aliphatic imine (C=N–C) groups is 1. The number of carbonyl (C=O) groups is 1. The molecule has 0 spiro atoms. The molecule has 2 unspecified atom stereocenters. The monoisotopic (exact) mass is 414 g/mol. The molecule has 7 nitrogen and oxygen atoms in total. The Balaban J connectivity index is 1.34. The maximum atomic E-state index is 11.4. The molecule has 0 aromatic heterocycles. The predicted molar refractivity (Wildman–Crippen MR) is 122 cm³/mol. The van der Waals surface area contributed by atoms with Crippen LogP contribution in [0.5, 0.6) is 0 Å². The van der Waals surface area contributed by atoms with Gasteiger partial charge in [0.15, 0.2) is 5.96 Å². The lowest BCUT2D eigenvalue weighted by Gasteiger charge is -2.31. The summed E-state index contributed by atoms with van der Waals surface area (Å²) in [5.41, 5.74) is 6.85. The van der Waals surface area contributed by atoms with Gasteiger partial charge in [-0.2, -0.15) is 0 Å². The quantitative estimate of drug-likeness (QED) is 0.323. The lowest BCUT2D eigenvalue weighted by molar-refractivity contribution is -0.123. The second-order valence-corrected chi connectivity index (χ2v) is 8.53. The minimum atomic E-state index is -0.157. The van der Waals surface area contributed by atoms with Crippen LogP contribution in [0.2, 0.25) is 0 Å². The van der Waals surface area contributed by atoms with E-state index in [1.165, 1.54) is 18.4 Å². The zero-order valence-corrected chi connectivity index (χ0v) is 18.4. The van der Waals surface area contributed by atoms with Gasteiger partial charge in [-0.3, -0.25) is 14.7 Å². The molecule has 1 amide bonds. The Morgan fingerprint density at radius 1 is 1.17 bits per heavy atom. The van der Waals surface area contributed by atoms with Gasteiger partial charge in [0, 0.05) is 39.3 Å². The number of guanidine groups is 1. The summed E-state index contributed by atoms with van der Waals surface area (Å²) in [7, 11) is 1.83. The molecule has 2 heterocycles. The van der Waals surface area contributed by atoms with E-state index in [9.17, 15) is 4.79 Å². The van der Waals surface area contributed by atoms with Crippen molar-refractivity contribution in [1.82, 2.24) is 20.4 Å². The molecule has 166 valence electrons. The van der Waals surface area contributed by atoms with E-state index in [1.807, 2.05) is 7.05 Å². The lowest BCUT2D eigenvalue weighted by atomic mass is 9.97. The Morgan fingerprint density at radius 3 is 2.73 bits per heavy atom. The number of piperidine rings is 1. The number of hydrogen-bond donors (Lipinski definition) is 3. The van der Waals surface area contributed by atoms with Gasteiger partial charge in [-0.05, 0) is 57.3 Å². The summed E-state index contributed by atoms with van der Waals surface area (Å²) in [6.45, 7) is 6.82. The molecule has 0 radical (unpaired) electrons. The molecule has 1 aromatic rings. The van der Waals surface area contributed by atoms with E-state index < -0.39 is 0 Å². The summed E-state index contributed by atoms with van der Waals surface area (Å²) in [4.78, 5) is 20.7. The average Bonchev–Trinajstić information content (AvgIpc) is 3.21. The van der Waals surface area contributed by atoms with Crippen molar-refractivity contribution >= 4 is 11.9 Å². The lowest BCUT2D eigenvalue weighted by Crippen LogP contribution is -2.45. The van der Waals surface area contributed by atoms with Gasteiger partial charge < -0.3 is 21.3 Å². The Labute approximate surface area is 181 Å². The number of nitrogens with zero attached hydrogens (tertiary/aromatic N) is 3. The third kappa shape index (κ3) is 6.99. The molecule has 2 saturated heterocycles. The first-order valence-electron chi connectivity index (χ1n) is 11.4. The summed E-state index contributed by atoms with van der Waals surface area (Å²) in [6.07, 6.45) is 5.50. The van der Waals surface area contributed by atoms with E-state index in [0.29, 0.717) is 6.04 Å². The van der Waals surface area contributed by atoms with Crippen LogP contribution in [0.1, 0.15) is 37.7 Å². The molecule has 2 fully saturated rings. The first-order valence-corrected chi connectivity index (χ1v) is 11.4. The standard InChI is InChI=1S/C23H38N6O/c1-25-23(26-12-7-14-28-13-5-10-20(18-28)22(24)30)27-16-21-11-6-15-29(21)17-19-8-3-2-4-9-19/h2-4,8-9,20-21H,5-7,10-18H2,1H3,(H2,24,30)(H2,25,26,27). The van der Waals surface area contributed by atoms with Crippen molar-refractivity contribution in [3.63, 3.8) is 0 Å². The van der Waals surface area contributed by atoms with Crippen molar-refractivity contribution in [1.29, 1.82) is 0 Å². The molecule has 2 atom stereocenters. The summed E-state index contributed by atoms with van der Waals surface area (Å²) in [5.74, 6) is 0.734. The molecule has 2 aliphatic rings. The Kier molecular flexibility index (Phi) is 8.96. The Morgan fingerprint density at radius 2 is 1.97 bits per heavy atom. The topological polar surface area (TPSA) is 86.0 Å². The van der Waals surface area contributed by atoms with Crippen molar-refractivity contribution in [3.05, 3.63) is 35.9 Å². The van der Waals surface area contributed by atoms with Crippen LogP contribution in [0.3, 0.4) is 0 Å². The number of carbonyl (C=O) groups excluding carboxylic acids is 1. The van der Waals surface area contributed by atoms with Gasteiger partial charge in [-0.15, -0.1) is 0 Å². The number of nitrogens with one attached hydrogen (secondary N) is 2. The van der Waals surface area contributed by atoms with Gasteiger partial charge in [0.2, 0.25) is 5.91 Å². The highest BCUT2D eigenvalue weighted by Gasteiger charge is 2.25. The van der Waals surface area contributed by atoms with Crippen LogP contribution in [0.4, 0.5) is 0 Å². The maximum Gasteiger partial charge on any atom is 0.221 e. The summed E-state index contributed by atoms with van der Waals surface area (Å²) in [6, 6.07) is 11.3. The highest BCUT2D eigenvalue weighted by molar-refractivity contribution is 5.79. The highest BCUT2D eigenvalue weighted by atomic mass is 16.1. The fourth-order valence-electron chi connectivity index (χ4n) is 4.59. The fraction of sp³-hybridized carbons (Fsp3) is 0.652. The second-order valence-electron chi connectivity index (χ2n) is 8.53. The van der Waals surface area contributed by atoms with Gasteiger partial charge in [0.05, 0.1) is 5.92 Å². The van der Waals surface area contributed by atoms with Crippen LogP contribution in [0.25, 0.3) is 0 Å². The zero-order valence-electron chi connectivity index (χ0n) is 18.4. The molecule has 4 N–H and O–H groups in total. The highest BCUT2D eigenvalue weighted by Crippen LogP contribution is 2.19. The van der Waals surface area contributed by atoms with Crippen LogP contribution < -0.4 is 16.4 Å². The molecule has 0 aliphatic carbocycles. The maximum absolute atomic E-state index is 11.4.